The Balaban J connectivity index is 1.12. The van der Waals surface area contributed by atoms with Crippen molar-refractivity contribution in [2.24, 2.45) is 5.41 Å². The Bertz CT molecular complexity index is 2010. The number of pyridine rings is 1. The molecule has 1 aliphatic carbocycles. The highest BCUT2D eigenvalue weighted by Crippen LogP contribution is 2.44. The van der Waals surface area contributed by atoms with Gasteiger partial charge in [-0.2, -0.15) is 4.98 Å². The minimum absolute atomic E-state index is 0.291. The van der Waals surface area contributed by atoms with Gasteiger partial charge >= 0.3 is 5.97 Å². The molecule has 11 heteroatoms. The van der Waals surface area contributed by atoms with Gasteiger partial charge < -0.3 is 28.6 Å². The number of nitrogens with zero attached hydrogens (tertiary/aromatic N) is 5. The quantitative estimate of drug-likeness (QED) is 0.0846. The fourth-order valence-corrected chi connectivity index (χ4v) is 8.94. The third-order valence-electron chi connectivity index (χ3n) is 11.4. The summed E-state index contributed by atoms with van der Waals surface area (Å²) in [6, 6.07) is 19.9. The number of piperazine rings is 1. The summed E-state index contributed by atoms with van der Waals surface area (Å²) >= 11 is 6.27. The smallest absolute Gasteiger partial charge is 0.339 e. The molecule has 4 heterocycles. The van der Waals surface area contributed by atoms with E-state index < -0.39 is 8.07 Å². The summed E-state index contributed by atoms with van der Waals surface area (Å²) in [6.07, 6.45) is 7.26. The molecule has 0 atom stereocenters. The number of aromatic nitrogens is 2. The SMILES string of the molecule is COC(=O)c1ccc(N2CCN(CC3=C(c4ccc(Cl)cc4)CC(C)(C)CC3)CC2)cc1N1CCCCOc2nc3c(ccn3COCC[Si](C)(C)C)cc21. The first-order chi connectivity index (χ1) is 26.4. The highest BCUT2D eigenvalue weighted by molar-refractivity contribution is 6.76. The molecule has 2 aromatic heterocycles. The zero-order chi connectivity index (χ0) is 38.7. The number of esters is 1. The van der Waals surface area contributed by atoms with E-state index in [1.54, 1.807) is 5.57 Å². The fourth-order valence-electron chi connectivity index (χ4n) is 8.06. The Morgan fingerprint density at radius 1 is 0.964 bits per heavy atom. The summed E-state index contributed by atoms with van der Waals surface area (Å²) in [6.45, 7) is 19.1. The summed E-state index contributed by atoms with van der Waals surface area (Å²) in [7, 11) is 0.266. The number of anilines is 3. The van der Waals surface area contributed by atoms with Crippen LogP contribution in [-0.2, 0) is 16.2 Å². The molecule has 4 aromatic rings. The molecule has 9 nitrogen and oxygen atoms in total. The van der Waals surface area contributed by atoms with Crippen LogP contribution in [0, 0.1) is 5.41 Å². The molecule has 55 heavy (non-hydrogen) atoms. The van der Waals surface area contributed by atoms with Gasteiger partial charge in [0.15, 0.2) is 0 Å². The van der Waals surface area contributed by atoms with Crippen LogP contribution >= 0.6 is 11.6 Å². The van der Waals surface area contributed by atoms with Crippen LogP contribution in [-0.4, -0.2) is 88.1 Å². The average Bonchev–Trinajstić information content (AvgIpc) is 3.55. The molecule has 1 fully saturated rings. The number of methoxy groups -OCH3 is 1. The van der Waals surface area contributed by atoms with Gasteiger partial charge in [-0.15, -0.1) is 0 Å². The predicted octanol–water partition coefficient (Wildman–Crippen LogP) is 9.89. The van der Waals surface area contributed by atoms with Crippen LogP contribution in [0.3, 0.4) is 0 Å². The van der Waals surface area contributed by atoms with E-state index in [1.165, 1.54) is 24.7 Å². The number of rotatable bonds is 11. The van der Waals surface area contributed by atoms with Crippen molar-refractivity contribution >= 4 is 59.3 Å². The molecule has 1 saturated heterocycles. The van der Waals surface area contributed by atoms with Crippen molar-refractivity contribution in [3.05, 3.63) is 82.5 Å². The van der Waals surface area contributed by atoms with E-state index in [0.717, 1.165) is 111 Å². The second-order valence-corrected chi connectivity index (χ2v) is 23.5. The van der Waals surface area contributed by atoms with Crippen LogP contribution in [0.25, 0.3) is 16.6 Å². The number of carbonyl (C=O) groups excluding carboxylic acids is 1. The normalized spacial score (nSPS) is 18.2. The Morgan fingerprint density at radius 2 is 1.75 bits per heavy atom. The standard InChI is InChI=1S/C44H58ClN5O4Si/c1-44(2)17-15-34(38(29-44)32-9-11-35(45)12-10-32)30-47-20-22-48(23-21-47)36-13-14-37(43(51)52-3)39(28-36)50-18-7-8-24-54-42-40(50)27-33-16-19-49(41(33)46-42)31-53-25-26-55(4,5)6/h9-14,16,19,27-28H,7-8,15,17-18,20-26,29-31H2,1-6H3. The first-order valence-corrected chi connectivity index (χ1v) is 24.1. The number of allylic oxidation sites excluding steroid dienone is 1. The third-order valence-corrected chi connectivity index (χ3v) is 13.4. The van der Waals surface area contributed by atoms with Crippen molar-refractivity contribution in [2.45, 2.75) is 78.4 Å². The topological polar surface area (TPSA) is 72.3 Å². The van der Waals surface area contributed by atoms with Crippen molar-refractivity contribution in [1.29, 1.82) is 0 Å². The first-order valence-electron chi connectivity index (χ1n) is 20.0. The summed E-state index contributed by atoms with van der Waals surface area (Å²) < 4.78 is 19.8. The number of ether oxygens (including phenoxy) is 3. The second-order valence-electron chi connectivity index (χ2n) is 17.5. The minimum atomic E-state index is -1.18. The lowest BCUT2D eigenvalue weighted by molar-refractivity contribution is 0.0601. The monoisotopic (exact) mass is 783 g/mol. The molecule has 0 spiro atoms. The Morgan fingerprint density at radius 3 is 2.49 bits per heavy atom. The van der Waals surface area contributed by atoms with Gasteiger partial charge in [-0.05, 0) is 97.2 Å². The summed E-state index contributed by atoms with van der Waals surface area (Å²) in [4.78, 5) is 25.6. The second kappa shape index (κ2) is 16.7. The summed E-state index contributed by atoms with van der Waals surface area (Å²) in [5.41, 5.74) is 8.79. The number of fused-ring (bicyclic) bond motifs is 2. The van der Waals surface area contributed by atoms with E-state index in [4.69, 9.17) is 30.8 Å². The van der Waals surface area contributed by atoms with E-state index in [1.807, 2.05) is 24.4 Å². The van der Waals surface area contributed by atoms with Crippen LogP contribution in [0.2, 0.25) is 30.7 Å². The van der Waals surface area contributed by atoms with Crippen molar-refractivity contribution in [1.82, 2.24) is 14.5 Å². The molecule has 2 aliphatic heterocycles. The molecular formula is C44H58ClN5O4Si. The molecule has 294 valence electrons. The molecule has 2 aromatic carbocycles. The largest absolute Gasteiger partial charge is 0.476 e. The third kappa shape index (κ3) is 9.42. The minimum Gasteiger partial charge on any atom is -0.476 e. The lowest BCUT2D eigenvalue weighted by Gasteiger charge is -2.39. The molecule has 0 N–H and O–H groups in total. The predicted molar refractivity (Wildman–Crippen MR) is 228 cm³/mol. The number of carbonyl (C=O) groups is 1. The maximum atomic E-state index is 13.3. The number of benzene rings is 2. The van der Waals surface area contributed by atoms with Gasteiger partial charge in [0.05, 0.1) is 25.0 Å². The highest BCUT2D eigenvalue weighted by Gasteiger charge is 2.30. The van der Waals surface area contributed by atoms with Crippen LogP contribution in [0.5, 0.6) is 5.88 Å². The van der Waals surface area contributed by atoms with E-state index in [0.29, 0.717) is 30.2 Å². The highest BCUT2D eigenvalue weighted by atomic mass is 35.5. The Kier molecular flexibility index (Phi) is 12.0. The zero-order valence-electron chi connectivity index (χ0n) is 33.6. The van der Waals surface area contributed by atoms with Crippen molar-refractivity contribution in [3.63, 3.8) is 0 Å². The lowest BCUT2D eigenvalue weighted by atomic mass is 9.72. The van der Waals surface area contributed by atoms with Crippen LogP contribution in [0.1, 0.15) is 61.9 Å². The number of halogens is 1. The van der Waals surface area contributed by atoms with Crippen LogP contribution < -0.4 is 14.5 Å². The van der Waals surface area contributed by atoms with Crippen molar-refractivity contribution in [3.8, 4) is 5.88 Å². The molecular weight excluding hydrogens is 726 g/mol. The van der Waals surface area contributed by atoms with E-state index in [-0.39, 0.29) is 5.97 Å². The molecule has 7 rings (SSSR count). The fraction of sp³-hybridized carbons (Fsp3) is 0.500. The van der Waals surface area contributed by atoms with E-state index in [2.05, 4.69) is 89.2 Å². The van der Waals surface area contributed by atoms with Gasteiger partial charge in [0, 0.05) is 76.2 Å². The Labute approximate surface area is 333 Å². The van der Waals surface area contributed by atoms with Gasteiger partial charge in [0.25, 0.3) is 0 Å². The maximum absolute atomic E-state index is 13.3. The van der Waals surface area contributed by atoms with Gasteiger partial charge in [0.1, 0.15) is 18.1 Å². The van der Waals surface area contributed by atoms with E-state index in [9.17, 15) is 4.79 Å². The van der Waals surface area contributed by atoms with Gasteiger partial charge in [0.2, 0.25) is 5.88 Å². The molecule has 0 radical (unpaired) electrons. The Hall–Kier alpha value is -3.83. The molecule has 3 aliphatic rings. The summed E-state index contributed by atoms with van der Waals surface area (Å²) in [5, 5.41) is 1.78. The van der Waals surface area contributed by atoms with Crippen molar-refractivity contribution in [2.75, 3.05) is 69.4 Å². The van der Waals surface area contributed by atoms with Crippen LogP contribution in [0.4, 0.5) is 17.1 Å². The van der Waals surface area contributed by atoms with Crippen LogP contribution in [0.15, 0.2) is 66.4 Å². The molecule has 0 unspecified atom stereocenters. The molecule has 0 saturated carbocycles. The summed E-state index contributed by atoms with van der Waals surface area (Å²) in [5.74, 6) is 0.217. The van der Waals surface area contributed by atoms with Gasteiger partial charge in [-0.25, -0.2) is 4.79 Å². The van der Waals surface area contributed by atoms with Crippen molar-refractivity contribution < 1.29 is 19.0 Å². The molecule has 0 bridgehead atoms. The zero-order valence-corrected chi connectivity index (χ0v) is 35.4. The number of hydrogen-bond acceptors (Lipinski definition) is 8. The van der Waals surface area contributed by atoms with Gasteiger partial charge in [-0.1, -0.05) is 62.8 Å². The molecule has 0 amide bonds. The first kappa shape index (κ1) is 39.4. The van der Waals surface area contributed by atoms with E-state index >= 15 is 0 Å². The number of hydrogen-bond donors (Lipinski definition) is 0. The average molecular weight is 785 g/mol. The van der Waals surface area contributed by atoms with Gasteiger partial charge in [-0.3, -0.25) is 4.90 Å². The lowest BCUT2D eigenvalue weighted by Crippen LogP contribution is -2.47. The maximum Gasteiger partial charge on any atom is 0.339 e.